The predicted molar refractivity (Wildman–Crippen MR) is 78.8 cm³/mol. The number of hydrogen-bond donors (Lipinski definition) is 2. The van der Waals surface area contributed by atoms with Crippen molar-refractivity contribution in [3.63, 3.8) is 0 Å². The molecule has 0 saturated carbocycles. The van der Waals surface area contributed by atoms with Crippen LogP contribution in [0.4, 0.5) is 10.5 Å². The molecule has 1 fully saturated rings. The fraction of sp³-hybridized carbons (Fsp3) is 0.467. The molecule has 1 aliphatic rings. The largest absolute Gasteiger partial charge is 0.355 e. The Labute approximate surface area is 119 Å². The fourth-order valence-electron chi connectivity index (χ4n) is 2.43. The van der Waals surface area contributed by atoms with Gasteiger partial charge in [0.25, 0.3) is 5.91 Å². The molecule has 1 unspecified atom stereocenters. The molecule has 1 aromatic carbocycles. The second-order valence-electron chi connectivity index (χ2n) is 5.28. The van der Waals surface area contributed by atoms with Crippen molar-refractivity contribution in [3.05, 3.63) is 29.8 Å². The van der Waals surface area contributed by atoms with Crippen LogP contribution in [-0.4, -0.2) is 37.0 Å². The first-order chi connectivity index (χ1) is 9.60. The number of urea groups is 1. The van der Waals surface area contributed by atoms with Crippen LogP contribution < -0.4 is 10.6 Å². The first kappa shape index (κ1) is 14.4. The maximum absolute atomic E-state index is 12.1. The molecule has 2 rings (SSSR count). The number of likely N-dealkylation sites (tertiary alicyclic amines) is 1. The maximum Gasteiger partial charge on any atom is 0.321 e. The van der Waals surface area contributed by atoms with Crippen LogP contribution in [0.1, 0.15) is 30.1 Å². The summed E-state index contributed by atoms with van der Waals surface area (Å²) < 4.78 is 0. The van der Waals surface area contributed by atoms with Gasteiger partial charge in [0.15, 0.2) is 0 Å². The SMILES string of the molecule is CNC(=O)c1ccc(NC(=O)N2CCCC(C)C2)cc1. The van der Waals surface area contributed by atoms with Gasteiger partial charge in [0.1, 0.15) is 0 Å². The molecule has 1 atom stereocenters. The summed E-state index contributed by atoms with van der Waals surface area (Å²) >= 11 is 0. The molecule has 2 N–H and O–H groups in total. The lowest BCUT2D eigenvalue weighted by Crippen LogP contribution is -2.41. The van der Waals surface area contributed by atoms with Crippen molar-refractivity contribution in [2.45, 2.75) is 19.8 Å². The van der Waals surface area contributed by atoms with Gasteiger partial charge in [-0.25, -0.2) is 4.79 Å². The number of rotatable bonds is 2. The highest BCUT2D eigenvalue weighted by molar-refractivity contribution is 5.95. The second-order valence-corrected chi connectivity index (χ2v) is 5.28. The van der Waals surface area contributed by atoms with Gasteiger partial charge in [-0.2, -0.15) is 0 Å². The molecule has 20 heavy (non-hydrogen) atoms. The Morgan fingerprint density at radius 2 is 1.95 bits per heavy atom. The summed E-state index contributed by atoms with van der Waals surface area (Å²) in [5.41, 5.74) is 1.29. The molecule has 0 bridgehead atoms. The molecule has 5 nitrogen and oxygen atoms in total. The lowest BCUT2D eigenvalue weighted by atomic mass is 10.0. The van der Waals surface area contributed by atoms with Gasteiger partial charge in [-0.05, 0) is 43.0 Å². The third-order valence-electron chi connectivity index (χ3n) is 3.57. The Hall–Kier alpha value is -2.04. The Morgan fingerprint density at radius 1 is 1.25 bits per heavy atom. The number of benzene rings is 1. The van der Waals surface area contributed by atoms with Crippen LogP contribution >= 0.6 is 0 Å². The van der Waals surface area contributed by atoms with Gasteiger partial charge in [0.05, 0.1) is 0 Å². The molecule has 0 aromatic heterocycles. The Balaban J connectivity index is 1.95. The topological polar surface area (TPSA) is 61.4 Å². The van der Waals surface area contributed by atoms with E-state index in [4.69, 9.17) is 0 Å². The van der Waals surface area contributed by atoms with E-state index in [0.29, 0.717) is 17.2 Å². The summed E-state index contributed by atoms with van der Waals surface area (Å²) in [4.78, 5) is 25.4. The summed E-state index contributed by atoms with van der Waals surface area (Å²) in [5, 5.41) is 5.44. The molecular formula is C15H21N3O2. The van der Waals surface area contributed by atoms with Gasteiger partial charge in [-0.15, -0.1) is 0 Å². The zero-order valence-corrected chi connectivity index (χ0v) is 12.0. The van der Waals surface area contributed by atoms with Crippen molar-refractivity contribution in [1.82, 2.24) is 10.2 Å². The first-order valence-corrected chi connectivity index (χ1v) is 6.98. The van der Waals surface area contributed by atoms with Crippen LogP contribution in [0.25, 0.3) is 0 Å². The summed E-state index contributed by atoms with van der Waals surface area (Å²) in [5.74, 6) is 0.429. The van der Waals surface area contributed by atoms with E-state index in [0.717, 1.165) is 19.5 Å². The number of nitrogens with zero attached hydrogens (tertiary/aromatic N) is 1. The number of carbonyl (C=O) groups excluding carboxylic acids is 2. The molecule has 5 heteroatoms. The van der Waals surface area contributed by atoms with E-state index in [1.807, 2.05) is 4.90 Å². The first-order valence-electron chi connectivity index (χ1n) is 6.98. The highest BCUT2D eigenvalue weighted by Gasteiger charge is 2.20. The summed E-state index contributed by atoms with van der Waals surface area (Å²) in [7, 11) is 1.59. The van der Waals surface area contributed by atoms with Crippen molar-refractivity contribution in [3.8, 4) is 0 Å². The van der Waals surface area contributed by atoms with Crippen LogP contribution in [0.15, 0.2) is 24.3 Å². The highest BCUT2D eigenvalue weighted by atomic mass is 16.2. The number of anilines is 1. The minimum absolute atomic E-state index is 0.0655. The molecule has 0 aliphatic carbocycles. The van der Waals surface area contributed by atoms with Crippen LogP contribution in [0.5, 0.6) is 0 Å². The van der Waals surface area contributed by atoms with Crippen molar-refractivity contribution in [2.75, 3.05) is 25.5 Å². The normalized spacial score (nSPS) is 18.5. The van der Waals surface area contributed by atoms with E-state index in [9.17, 15) is 9.59 Å². The average molecular weight is 275 g/mol. The highest BCUT2D eigenvalue weighted by Crippen LogP contribution is 2.17. The average Bonchev–Trinajstić information content (AvgIpc) is 2.47. The lowest BCUT2D eigenvalue weighted by Gasteiger charge is -2.30. The van der Waals surface area contributed by atoms with Crippen LogP contribution in [0.2, 0.25) is 0 Å². The number of piperidine rings is 1. The van der Waals surface area contributed by atoms with Crippen molar-refractivity contribution < 1.29 is 9.59 Å². The molecule has 1 aliphatic heterocycles. The van der Waals surface area contributed by atoms with E-state index in [2.05, 4.69) is 17.6 Å². The summed E-state index contributed by atoms with van der Waals surface area (Å²) in [6.45, 7) is 3.78. The van der Waals surface area contributed by atoms with Crippen LogP contribution in [0, 0.1) is 5.92 Å². The fourth-order valence-corrected chi connectivity index (χ4v) is 2.43. The molecule has 0 spiro atoms. The molecule has 3 amide bonds. The number of hydrogen-bond acceptors (Lipinski definition) is 2. The van der Waals surface area contributed by atoms with Crippen molar-refractivity contribution in [2.24, 2.45) is 5.92 Å². The Morgan fingerprint density at radius 3 is 2.55 bits per heavy atom. The third-order valence-corrected chi connectivity index (χ3v) is 3.57. The third kappa shape index (κ3) is 3.50. The Bertz CT molecular complexity index is 484. The van der Waals surface area contributed by atoms with Gasteiger partial charge in [-0.3, -0.25) is 4.79 Å². The Kier molecular flexibility index (Phi) is 4.61. The van der Waals surface area contributed by atoms with E-state index in [-0.39, 0.29) is 11.9 Å². The maximum atomic E-state index is 12.1. The second kappa shape index (κ2) is 6.41. The summed E-state index contributed by atoms with van der Waals surface area (Å²) in [6, 6.07) is 6.83. The lowest BCUT2D eigenvalue weighted by molar-refractivity contribution is 0.0963. The monoisotopic (exact) mass is 275 g/mol. The molecule has 1 saturated heterocycles. The van der Waals surface area contributed by atoms with Gasteiger partial charge < -0.3 is 15.5 Å². The van der Waals surface area contributed by atoms with Gasteiger partial charge in [-0.1, -0.05) is 6.92 Å². The van der Waals surface area contributed by atoms with Crippen LogP contribution in [0.3, 0.4) is 0 Å². The molecule has 1 aromatic rings. The molecular weight excluding hydrogens is 254 g/mol. The molecule has 1 heterocycles. The smallest absolute Gasteiger partial charge is 0.321 e. The van der Waals surface area contributed by atoms with Crippen LogP contribution in [-0.2, 0) is 0 Å². The summed E-state index contributed by atoms with van der Waals surface area (Å²) in [6.07, 6.45) is 2.24. The predicted octanol–water partition coefficient (Wildman–Crippen LogP) is 2.31. The van der Waals surface area contributed by atoms with E-state index >= 15 is 0 Å². The number of amides is 3. The van der Waals surface area contributed by atoms with E-state index in [1.165, 1.54) is 6.42 Å². The zero-order valence-electron chi connectivity index (χ0n) is 12.0. The zero-order chi connectivity index (χ0) is 14.5. The molecule has 108 valence electrons. The van der Waals surface area contributed by atoms with Gasteiger partial charge in [0.2, 0.25) is 0 Å². The minimum Gasteiger partial charge on any atom is -0.355 e. The van der Waals surface area contributed by atoms with Crippen molar-refractivity contribution >= 4 is 17.6 Å². The van der Waals surface area contributed by atoms with E-state index in [1.54, 1.807) is 31.3 Å². The van der Waals surface area contributed by atoms with Gasteiger partial charge in [0, 0.05) is 31.4 Å². The van der Waals surface area contributed by atoms with E-state index < -0.39 is 0 Å². The quantitative estimate of drug-likeness (QED) is 0.870. The minimum atomic E-state index is -0.132. The van der Waals surface area contributed by atoms with Crippen molar-refractivity contribution in [1.29, 1.82) is 0 Å². The number of carbonyl (C=O) groups is 2. The van der Waals surface area contributed by atoms with Gasteiger partial charge >= 0.3 is 6.03 Å². The number of nitrogens with one attached hydrogen (secondary N) is 2. The molecule has 0 radical (unpaired) electrons. The standard InChI is InChI=1S/C15H21N3O2/c1-11-4-3-9-18(10-11)15(20)17-13-7-5-12(6-8-13)14(19)16-2/h5-8,11H,3-4,9-10H2,1-2H3,(H,16,19)(H,17,20).